The van der Waals surface area contributed by atoms with Crippen LogP contribution in [0, 0.1) is 23.7 Å². The number of carbonyl (C=O) groups excluding carboxylic acids is 8. The second-order valence-electron chi connectivity index (χ2n) is 17.8. The molecule has 0 fully saturated rings. The zero-order valence-electron chi connectivity index (χ0n) is 40.1. The fourth-order valence-corrected chi connectivity index (χ4v) is 8.20. The molecule has 4 rings (SSSR count). The van der Waals surface area contributed by atoms with Crippen LogP contribution in [0.15, 0.2) is 73.4 Å². The van der Waals surface area contributed by atoms with Crippen molar-refractivity contribution in [2.24, 2.45) is 17.6 Å². The Morgan fingerprint density at radius 3 is 2.37 bits per heavy atom. The minimum atomic E-state index is -1.15. The van der Waals surface area contributed by atoms with Crippen molar-refractivity contribution < 1.29 is 38.4 Å². The van der Waals surface area contributed by atoms with Crippen LogP contribution in [0.2, 0.25) is 0 Å². The van der Waals surface area contributed by atoms with Gasteiger partial charge in [-0.25, -0.2) is 4.79 Å². The van der Waals surface area contributed by atoms with Crippen molar-refractivity contribution in [2.45, 2.75) is 116 Å². The number of nitrogens with two attached hydrogens (primary N) is 1. The molecule has 7 N–H and O–H groups in total. The smallest absolute Gasteiger partial charge is 0.319 e. The van der Waals surface area contributed by atoms with Gasteiger partial charge in [0.15, 0.2) is 23.1 Å². The van der Waals surface area contributed by atoms with E-state index in [1.807, 2.05) is 59.5 Å². The first-order valence-electron chi connectivity index (χ1n) is 23.7. The molecule has 0 bridgehead atoms. The highest BCUT2D eigenvalue weighted by atomic mass is 16.2. The summed E-state index contributed by atoms with van der Waals surface area (Å²) in [6.45, 7) is 10.9. The highest BCUT2D eigenvalue weighted by molar-refractivity contribution is 5.97. The van der Waals surface area contributed by atoms with Gasteiger partial charge in [0.05, 0.1) is 43.8 Å². The molecule has 0 spiro atoms. The molecule has 366 valence electrons. The Hall–Kier alpha value is -6.44. The predicted octanol–water partition coefficient (Wildman–Crippen LogP) is 3.96. The summed E-state index contributed by atoms with van der Waals surface area (Å²) < 4.78 is 0. The summed E-state index contributed by atoms with van der Waals surface area (Å²) in [7, 11) is 0. The summed E-state index contributed by atoms with van der Waals surface area (Å²) in [6, 6.07) is 12.3. The summed E-state index contributed by atoms with van der Waals surface area (Å²) in [5.41, 5.74) is 8.07. The molecule has 1 aliphatic rings. The van der Waals surface area contributed by atoms with E-state index >= 15 is 0 Å². The third-order valence-corrected chi connectivity index (χ3v) is 12.2. The number of Topliss-reactive ketones (excluding diaryl/α,β-unsaturated/α-hetero) is 4. The molecule has 0 radical (unpaired) electrons. The maximum Gasteiger partial charge on any atom is 0.319 e. The number of nitrogens with zero attached hydrogens (tertiary/aromatic N) is 2. The van der Waals surface area contributed by atoms with Crippen LogP contribution in [-0.4, -0.2) is 125 Å². The summed E-state index contributed by atoms with van der Waals surface area (Å²) >= 11 is 0. The molecule has 3 aromatic rings. The van der Waals surface area contributed by atoms with E-state index < -0.39 is 77.9 Å². The SMILES string of the molecule is C=CCN1CC#CCN(CC(=O)[C@H](C)NC(C)=O)C(=O)N[C@H](Cc2c[nH]c3ccccc23)C(=O)C[C@@H](C)C(=O)N[C@H](C(=O)C[C@H](Cc2ccccc2)C(=O)N[C@@H](CCCCN)C(C)=O)CCCC1. The van der Waals surface area contributed by atoms with Crippen LogP contribution in [0.25, 0.3) is 10.9 Å². The van der Waals surface area contributed by atoms with E-state index in [-0.39, 0.29) is 50.2 Å². The zero-order valence-corrected chi connectivity index (χ0v) is 40.1. The van der Waals surface area contributed by atoms with Crippen LogP contribution in [-0.2, 0) is 46.4 Å². The molecule has 0 saturated heterocycles. The fraction of sp³-hybridized carbons (Fsp3) is 0.500. The second-order valence-corrected chi connectivity index (χ2v) is 17.8. The van der Waals surface area contributed by atoms with Gasteiger partial charge in [0.25, 0.3) is 0 Å². The van der Waals surface area contributed by atoms with E-state index in [0.29, 0.717) is 58.3 Å². The lowest BCUT2D eigenvalue weighted by atomic mass is 9.89. The third kappa shape index (κ3) is 17.7. The molecule has 16 nitrogen and oxygen atoms in total. The van der Waals surface area contributed by atoms with E-state index in [4.69, 9.17) is 5.73 Å². The number of para-hydroxylation sites is 1. The van der Waals surface area contributed by atoms with Crippen LogP contribution < -0.4 is 27.0 Å². The number of H-pyrrole nitrogens is 1. The van der Waals surface area contributed by atoms with Crippen molar-refractivity contribution >= 4 is 57.8 Å². The van der Waals surface area contributed by atoms with Crippen molar-refractivity contribution in [2.75, 3.05) is 39.3 Å². The van der Waals surface area contributed by atoms with E-state index in [2.05, 4.69) is 44.7 Å². The van der Waals surface area contributed by atoms with Crippen molar-refractivity contribution in [3.05, 3.63) is 84.6 Å². The molecule has 2 aromatic carbocycles. The molecular formula is C52H70N8O8. The van der Waals surface area contributed by atoms with Gasteiger partial charge in [0.1, 0.15) is 0 Å². The van der Waals surface area contributed by atoms with E-state index in [9.17, 15) is 38.4 Å². The predicted molar refractivity (Wildman–Crippen MR) is 262 cm³/mol. The Kier molecular flexibility index (Phi) is 22.3. The lowest BCUT2D eigenvalue weighted by Crippen LogP contribution is -2.52. The number of aromatic amines is 1. The first kappa shape index (κ1) is 54.2. The van der Waals surface area contributed by atoms with Crippen molar-refractivity contribution in [1.29, 1.82) is 0 Å². The van der Waals surface area contributed by atoms with Gasteiger partial charge in [-0.05, 0) is 89.1 Å². The average molecular weight is 935 g/mol. The number of unbranched alkanes of at least 4 members (excludes halogenated alkanes) is 1. The Bertz CT molecular complexity index is 2280. The van der Waals surface area contributed by atoms with Gasteiger partial charge in [-0.15, -0.1) is 6.58 Å². The highest BCUT2D eigenvalue weighted by Gasteiger charge is 2.33. The lowest BCUT2D eigenvalue weighted by molar-refractivity contribution is -0.134. The molecular weight excluding hydrogens is 865 g/mol. The van der Waals surface area contributed by atoms with Gasteiger partial charge in [0.2, 0.25) is 17.7 Å². The number of hydrogen-bond donors (Lipinski definition) is 6. The Balaban J connectivity index is 1.66. The lowest BCUT2D eigenvalue weighted by Gasteiger charge is -2.26. The standard InChI is InChI=1S/C52H70N8O8/c1-6-25-59-26-15-13-23-45(48(64)32-40(30-39-18-8-7-9-19-39)51(67)56-43(37(4)61)21-12-14-24-53)57-50(66)35(2)29-47(63)46(31-41-33-54-44-22-11-10-20-42(41)44)58-52(68)60(28-17-16-27-59)34-49(65)36(3)55-38(5)62/h6-11,18-20,22,33,35-36,40,43,45-46,54H,1,12-15,21,23-32,34,53H2,2-5H3,(H,55,62)(H,56,67)(H,57,66)(H,58,68)/t35-,36+,40+,43+,45+,46-/m1/s1. The zero-order chi connectivity index (χ0) is 49.6. The molecule has 16 heteroatoms. The Morgan fingerprint density at radius 2 is 1.66 bits per heavy atom. The van der Waals surface area contributed by atoms with Crippen molar-refractivity contribution in [1.82, 2.24) is 36.1 Å². The second kappa shape index (κ2) is 28.0. The molecule has 1 aliphatic heterocycles. The maximum atomic E-state index is 14.5. The van der Waals surface area contributed by atoms with Gasteiger partial charge in [-0.2, -0.15) is 0 Å². The average Bonchev–Trinajstić information content (AvgIpc) is 3.71. The van der Waals surface area contributed by atoms with Gasteiger partial charge in [-0.1, -0.05) is 73.4 Å². The molecule has 5 amide bonds. The molecule has 1 aromatic heterocycles. The molecule has 0 saturated carbocycles. The summed E-state index contributed by atoms with van der Waals surface area (Å²) in [6.07, 6.45) is 6.39. The molecule has 6 atom stereocenters. The monoisotopic (exact) mass is 935 g/mol. The van der Waals surface area contributed by atoms with E-state index in [1.165, 1.54) is 25.7 Å². The first-order valence-corrected chi connectivity index (χ1v) is 23.7. The largest absolute Gasteiger partial charge is 0.361 e. The van der Waals surface area contributed by atoms with E-state index in [1.54, 1.807) is 19.2 Å². The van der Waals surface area contributed by atoms with Crippen molar-refractivity contribution in [3.63, 3.8) is 0 Å². The number of rotatable bonds is 20. The summed E-state index contributed by atoms with van der Waals surface area (Å²) in [4.78, 5) is 115. The maximum absolute atomic E-state index is 14.5. The Morgan fingerprint density at radius 1 is 0.941 bits per heavy atom. The number of nitrogens with one attached hydrogen (secondary N) is 5. The molecule has 0 unspecified atom stereocenters. The van der Waals surface area contributed by atoms with E-state index in [0.717, 1.165) is 22.0 Å². The van der Waals surface area contributed by atoms with Crippen LogP contribution in [0.1, 0.15) is 90.2 Å². The first-order chi connectivity index (χ1) is 32.6. The quantitative estimate of drug-likeness (QED) is 0.0543. The van der Waals surface area contributed by atoms with Crippen LogP contribution in [0.4, 0.5) is 4.79 Å². The molecule has 0 aliphatic carbocycles. The topological polar surface area (TPSA) is 233 Å². The number of amides is 5. The van der Waals surface area contributed by atoms with Crippen LogP contribution >= 0.6 is 0 Å². The summed E-state index contributed by atoms with van der Waals surface area (Å²) in [5, 5.41) is 12.1. The number of fused-ring (bicyclic) bond motifs is 1. The number of carbonyl (C=O) groups is 8. The van der Waals surface area contributed by atoms with Gasteiger partial charge in [-0.3, -0.25) is 38.5 Å². The number of benzene rings is 2. The normalized spacial score (nSPS) is 19.3. The minimum absolute atomic E-state index is 0.0542. The number of ketones is 4. The molecule has 2 heterocycles. The van der Waals surface area contributed by atoms with Gasteiger partial charge in [0, 0.05) is 61.7 Å². The number of urea groups is 1. The summed E-state index contributed by atoms with van der Waals surface area (Å²) in [5.74, 6) is 1.47. The highest BCUT2D eigenvalue weighted by Crippen LogP contribution is 2.22. The fourth-order valence-electron chi connectivity index (χ4n) is 8.20. The van der Waals surface area contributed by atoms with Crippen LogP contribution in [0.5, 0.6) is 0 Å². The number of aromatic nitrogens is 1. The Labute approximate surface area is 400 Å². The van der Waals surface area contributed by atoms with Gasteiger partial charge >= 0.3 is 6.03 Å². The van der Waals surface area contributed by atoms with Crippen molar-refractivity contribution in [3.8, 4) is 11.8 Å². The van der Waals surface area contributed by atoms with Gasteiger partial charge < -0.3 is 36.9 Å². The third-order valence-electron chi connectivity index (χ3n) is 12.2. The number of hydrogen-bond acceptors (Lipinski definition) is 10. The minimum Gasteiger partial charge on any atom is -0.361 e. The van der Waals surface area contributed by atoms with Crippen LogP contribution in [0.3, 0.4) is 0 Å². The molecule has 68 heavy (non-hydrogen) atoms.